The molecule has 0 radical (unpaired) electrons. The highest BCUT2D eigenvalue weighted by atomic mass is 19.1. The molecule has 0 saturated heterocycles. The number of hydrogen-bond acceptors (Lipinski definition) is 3. The summed E-state index contributed by atoms with van der Waals surface area (Å²) in [6, 6.07) is 3.84. The maximum atomic E-state index is 12.0. The Balaban J connectivity index is 3.15. The minimum absolute atomic E-state index is 0.143. The van der Waals surface area contributed by atoms with Crippen LogP contribution in [0.4, 0.5) is 8.78 Å². The molecule has 1 aromatic carbocycles. The van der Waals surface area contributed by atoms with Crippen LogP contribution in [0, 0.1) is 0 Å². The van der Waals surface area contributed by atoms with E-state index in [1.807, 2.05) is 0 Å². The highest BCUT2D eigenvalue weighted by Crippen LogP contribution is 2.31. The van der Waals surface area contributed by atoms with Gasteiger partial charge in [0, 0.05) is 0 Å². The molecule has 0 atom stereocenters. The molecule has 0 unspecified atom stereocenters. The Hall–Kier alpha value is -1.85. The highest BCUT2D eigenvalue weighted by Gasteiger charge is 2.16. The molecule has 1 N–H and O–H groups in total. The summed E-state index contributed by atoms with van der Waals surface area (Å²) in [6.45, 7) is -2.36. The van der Waals surface area contributed by atoms with Crippen molar-refractivity contribution in [2.45, 2.75) is 0 Å². The molecule has 0 aromatic heterocycles. The zero-order chi connectivity index (χ0) is 11.3. The lowest BCUT2D eigenvalue weighted by Gasteiger charge is -2.10. The van der Waals surface area contributed by atoms with E-state index in [-0.39, 0.29) is 17.1 Å². The fourth-order valence-electron chi connectivity index (χ4n) is 1.06. The Kier molecular flexibility index (Phi) is 3.84. The Morgan fingerprint density at radius 3 is 2.47 bits per heavy atom. The van der Waals surface area contributed by atoms with Crippen LogP contribution in [0.15, 0.2) is 18.2 Å². The minimum Gasteiger partial charge on any atom is -0.478 e. The van der Waals surface area contributed by atoms with Crippen molar-refractivity contribution >= 4 is 5.97 Å². The molecular formula is C9H8F2O4. The molecule has 1 aromatic rings. The summed E-state index contributed by atoms with van der Waals surface area (Å²) >= 11 is 0. The SMILES string of the molecule is O=C(O)c1cccc(OCF)c1OCF. The Labute approximate surface area is 84.0 Å². The largest absolute Gasteiger partial charge is 0.478 e. The standard InChI is InChI=1S/C9H8F2O4/c10-4-14-7-3-1-2-6(9(12)13)8(7)15-5-11/h1-3H,4-5H2,(H,12,13). The second-order valence-corrected chi connectivity index (χ2v) is 2.44. The Morgan fingerprint density at radius 2 is 1.93 bits per heavy atom. The molecule has 0 fully saturated rings. The van der Waals surface area contributed by atoms with Gasteiger partial charge < -0.3 is 14.6 Å². The first-order valence-corrected chi connectivity index (χ1v) is 3.94. The van der Waals surface area contributed by atoms with Gasteiger partial charge in [-0.15, -0.1) is 0 Å². The van der Waals surface area contributed by atoms with Gasteiger partial charge in [0.15, 0.2) is 11.5 Å². The van der Waals surface area contributed by atoms with Crippen molar-refractivity contribution in [3.63, 3.8) is 0 Å². The molecule has 6 heteroatoms. The third-order valence-electron chi connectivity index (χ3n) is 1.62. The molecule has 4 nitrogen and oxygen atoms in total. The van der Waals surface area contributed by atoms with Crippen molar-refractivity contribution in [1.29, 1.82) is 0 Å². The molecule has 0 aliphatic carbocycles. The summed E-state index contributed by atoms with van der Waals surface area (Å²) in [5.74, 6) is -1.76. The number of carboxylic acid groups (broad SMARTS) is 1. The second kappa shape index (κ2) is 5.14. The van der Waals surface area contributed by atoms with Crippen molar-refractivity contribution in [1.82, 2.24) is 0 Å². The number of hydrogen-bond donors (Lipinski definition) is 1. The first kappa shape index (κ1) is 11.2. The van der Waals surface area contributed by atoms with Crippen molar-refractivity contribution in [3.05, 3.63) is 23.8 Å². The van der Waals surface area contributed by atoms with Crippen molar-refractivity contribution in [2.75, 3.05) is 13.7 Å². The van der Waals surface area contributed by atoms with Crippen LogP contribution in [-0.2, 0) is 0 Å². The molecule has 0 amide bonds. The van der Waals surface area contributed by atoms with Gasteiger partial charge in [-0.3, -0.25) is 0 Å². The van der Waals surface area contributed by atoms with Crippen molar-refractivity contribution < 1.29 is 28.2 Å². The van der Waals surface area contributed by atoms with Gasteiger partial charge in [-0.05, 0) is 12.1 Å². The van der Waals surface area contributed by atoms with E-state index < -0.39 is 19.7 Å². The van der Waals surface area contributed by atoms with E-state index in [1.54, 1.807) is 0 Å². The summed E-state index contributed by atoms with van der Waals surface area (Å²) in [5.41, 5.74) is -0.279. The van der Waals surface area contributed by atoms with Crippen LogP contribution in [0.3, 0.4) is 0 Å². The lowest BCUT2D eigenvalue weighted by molar-refractivity contribution is 0.0686. The van der Waals surface area contributed by atoms with Crippen molar-refractivity contribution in [2.24, 2.45) is 0 Å². The topological polar surface area (TPSA) is 55.8 Å². The summed E-state index contributed by atoms with van der Waals surface area (Å²) in [4.78, 5) is 10.7. The number of para-hydroxylation sites is 1. The third kappa shape index (κ3) is 2.55. The van der Waals surface area contributed by atoms with E-state index >= 15 is 0 Å². The number of alkyl halides is 2. The van der Waals surface area contributed by atoms with Gasteiger partial charge in [0.1, 0.15) is 5.56 Å². The van der Waals surface area contributed by atoms with Crippen LogP contribution < -0.4 is 9.47 Å². The van der Waals surface area contributed by atoms with Gasteiger partial charge in [-0.25, -0.2) is 13.6 Å². The van der Waals surface area contributed by atoms with Gasteiger partial charge in [0.2, 0.25) is 13.7 Å². The summed E-state index contributed by atoms with van der Waals surface area (Å²) in [5, 5.41) is 8.73. The Bertz CT molecular complexity index is 354. The molecule has 0 aliphatic rings. The van der Waals surface area contributed by atoms with Gasteiger partial charge in [0.25, 0.3) is 0 Å². The van der Waals surface area contributed by atoms with E-state index in [4.69, 9.17) is 5.11 Å². The summed E-state index contributed by atoms with van der Waals surface area (Å²) in [7, 11) is 0. The number of ether oxygens (including phenoxy) is 2. The lowest BCUT2D eigenvalue weighted by atomic mass is 10.2. The fraction of sp³-hybridized carbons (Fsp3) is 0.222. The third-order valence-corrected chi connectivity index (χ3v) is 1.62. The molecule has 0 bridgehead atoms. The van der Waals surface area contributed by atoms with Gasteiger partial charge in [-0.2, -0.15) is 0 Å². The van der Waals surface area contributed by atoms with Crippen LogP contribution in [0.5, 0.6) is 11.5 Å². The number of rotatable bonds is 5. The van der Waals surface area contributed by atoms with Crippen LogP contribution in [0.2, 0.25) is 0 Å². The predicted molar refractivity (Wildman–Crippen MR) is 46.6 cm³/mol. The van der Waals surface area contributed by atoms with E-state index in [2.05, 4.69) is 9.47 Å². The zero-order valence-corrected chi connectivity index (χ0v) is 7.57. The molecule has 15 heavy (non-hydrogen) atoms. The average Bonchev–Trinajstić information content (AvgIpc) is 2.21. The Morgan fingerprint density at radius 1 is 1.27 bits per heavy atom. The molecule has 1 rings (SSSR count). The molecule has 0 spiro atoms. The normalized spacial score (nSPS) is 9.73. The number of carbonyl (C=O) groups is 1. The maximum Gasteiger partial charge on any atom is 0.339 e. The summed E-state index contributed by atoms with van der Waals surface area (Å²) < 4.78 is 32.8. The minimum atomic E-state index is -1.30. The highest BCUT2D eigenvalue weighted by molar-refractivity contribution is 5.92. The van der Waals surface area contributed by atoms with Gasteiger partial charge in [-0.1, -0.05) is 6.07 Å². The quantitative estimate of drug-likeness (QED) is 0.821. The van der Waals surface area contributed by atoms with Gasteiger partial charge in [0.05, 0.1) is 0 Å². The fourth-order valence-corrected chi connectivity index (χ4v) is 1.06. The number of halogens is 2. The van der Waals surface area contributed by atoms with Crippen molar-refractivity contribution in [3.8, 4) is 11.5 Å². The predicted octanol–water partition coefficient (Wildman–Crippen LogP) is 2.00. The first-order valence-electron chi connectivity index (χ1n) is 3.94. The molecule has 0 heterocycles. The molecule has 82 valence electrons. The van der Waals surface area contributed by atoms with E-state index in [0.29, 0.717) is 0 Å². The monoisotopic (exact) mass is 218 g/mol. The molecular weight excluding hydrogens is 210 g/mol. The lowest BCUT2D eigenvalue weighted by Crippen LogP contribution is -2.04. The molecule has 0 saturated carbocycles. The average molecular weight is 218 g/mol. The number of carboxylic acids is 1. The van der Waals surface area contributed by atoms with Crippen LogP contribution >= 0.6 is 0 Å². The van der Waals surface area contributed by atoms with E-state index in [9.17, 15) is 13.6 Å². The van der Waals surface area contributed by atoms with E-state index in [1.165, 1.54) is 18.2 Å². The maximum absolute atomic E-state index is 12.0. The summed E-state index contributed by atoms with van der Waals surface area (Å²) in [6.07, 6.45) is 0. The number of aromatic carboxylic acids is 1. The smallest absolute Gasteiger partial charge is 0.339 e. The number of benzene rings is 1. The van der Waals surface area contributed by atoms with Gasteiger partial charge >= 0.3 is 5.97 Å². The zero-order valence-electron chi connectivity index (χ0n) is 7.57. The van der Waals surface area contributed by atoms with Crippen LogP contribution in [-0.4, -0.2) is 24.8 Å². The second-order valence-electron chi connectivity index (χ2n) is 2.44. The van der Waals surface area contributed by atoms with E-state index in [0.717, 1.165) is 0 Å². The molecule has 0 aliphatic heterocycles. The first-order chi connectivity index (χ1) is 7.20. The van der Waals surface area contributed by atoms with Crippen LogP contribution in [0.25, 0.3) is 0 Å². The van der Waals surface area contributed by atoms with Crippen LogP contribution in [0.1, 0.15) is 10.4 Å².